The number of esters is 2. The molecule has 18 heavy (non-hydrogen) atoms. The molecule has 4 nitrogen and oxygen atoms in total. The molecule has 0 unspecified atom stereocenters. The monoisotopic (exact) mass is 254 g/mol. The van der Waals surface area contributed by atoms with Crippen LogP contribution in [0.25, 0.3) is 0 Å². The lowest BCUT2D eigenvalue weighted by atomic mass is 10.1. The van der Waals surface area contributed by atoms with Gasteiger partial charge in [-0.3, -0.25) is 9.59 Å². The third-order valence-electron chi connectivity index (χ3n) is 2.78. The Balaban J connectivity index is 2.29. The van der Waals surface area contributed by atoms with Gasteiger partial charge in [0, 0.05) is 12.8 Å². The van der Waals surface area contributed by atoms with Crippen molar-refractivity contribution in [1.29, 1.82) is 0 Å². The Labute approximate surface area is 108 Å². The Morgan fingerprint density at radius 1 is 0.722 bits per heavy atom. The molecule has 1 aliphatic rings. The average molecular weight is 254 g/mol. The number of carbonyl (C=O) groups is 2. The zero-order valence-electron chi connectivity index (χ0n) is 10.9. The molecule has 4 heteroatoms. The maximum atomic E-state index is 11.3. The van der Waals surface area contributed by atoms with E-state index < -0.39 is 0 Å². The van der Waals surface area contributed by atoms with Gasteiger partial charge in [-0.1, -0.05) is 12.2 Å². The SMILES string of the molecule is O=C1CCCC/C=C/CCCCC(=O)OCCO1. The Bertz CT molecular complexity index is 256. The van der Waals surface area contributed by atoms with E-state index in [1.54, 1.807) is 0 Å². The molecule has 0 bridgehead atoms. The highest BCUT2D eigenvalue weighted by Gasteiger charge is 2.05. The molecule has 0 saturated heterocycles. The zero-order chi connectivity index (χ0) is 13.1. The number of allylic oxidation sites excluding steroid dienone is 2. The molecule has 0 fully saturated rings. The molecule has 0 atom stereocenters. The molecule has 0 aliphatic carbocycles. The van der Waals surface area contributed by atoms with Crippen LogP contribution in [0.3, 0.4) is 0 Å². The van der Waals surface area contributed by atoms with E-state index in [1.165, 1.54) is 0 Å². The summed E-state index contributed by atoms with van der Waals surface area (Å²) in [6.45, 7) is 0.342. The maximum absolute atomic E-state index is 11.3. The van der Waals surface area contributed by atoms with Gasteiger partial charge in [-0.05, 0) is 38.5 Å². The minimum atomic E-state index is -0.206. The number of rotatable bonds is 0. The first-order chi connectivity index (χ1) is 8.79. The topological polar surface area (TPSA) is 52.6 Å². The highest BCUT2D eigenvalue weighted by molar-refractivity contribution is 5.70. The molecule has 1 aliphatic heterocycles. The molecule has 0 amide bonds. The number of hydrogen-bond acceptors (Lipinski definition) is 4. The first kappa shape index (κ1) is 14.7. The van der Waals surface area contributed by atoms with Crippen molar-refractivity contribution in [3.05, 3.63) is 12.2 Å². The lowest BCUT2D eigenvalue weighted by Gasteiger charge is -2.06. The van der Waals surface area contributed by atoms with Crippen molar-refractivity contribution in [2.24, 2.45) is 0 Å². The van der Waals surface area contributed by atoms with Gasteiger partial charge in [-0.25, -0.2) is 0 Å². The Morgan fingerprint density at radius 3 is 1.61 bits per heavy atom. The van der Waals surface area contributed by atoms with Crippen LogP contribution in [0.4, 0.5) is 0 Å². The molecule has 0 N–H and O–H groups in total. The Hall–Kier alpha value is -1.32. The van der Waals surface area contributed by atoms with Gasteiger partial charge in [-0.15, -0.1) is 0 Å². The van der Waals surface area contributed by atoms with E-state index in [0.29, 0.717) is 12.8 Å². The summed E-state index contributed by atoms with van der Waals surface area (Å²) in [5.41, 5.74) is 0. The summed E-state index contributed by atoms with van der Waals surface area (Å²) in [5.74, 6) is -0.413. The van der Waals surface area contributed by atoms with Gasteiger partial charge in [-0.2, -0.15) is 0 Å². The van der Waals surface area contributed by atoms with Crippen molar-refractivity contribution in [2.75, 3.05) is 13.2 Å². The maximum Gasteiger partial charge on any atom is 0.305 e. The lowest BCUT2D eigenvalue weighted by Crippen LogP contribution is -2.13. The molecule has 102 valence electrons. The summed E-state index contributed by atoms with van der Waals surface area (Å²) in [7, 11) is 0. The standard InChI is InChI=1S/C14H22O4/c15-13-9-7-5-3-1-2-4-6-8-10-14(16)18-12-11-17-13/h1-2H,3-12H2/b2-1+. The fourth-order valence-electron chi connectivity index (χ4n) is 1.75. The van der Waals surface area contributed by atoms with Crippen LogP contribution in [-0.4, -0.2) is 25.2 Å². The highest BCUT2D eigenvalue weighted by Crippen LogP contribution is 2.06. The van der Waals surface area contributed by atoms with Gasteiger partial charge in [0.1, 0.15) is 13.2 Å². The number of hydrogen-bond donors (Lipinski definition) is 0. The second-order valence-corrected chi connectivity index (χ2v) is 4.40. The molecular formula is C14H22O4. The van der Waals surface area contributed by atoms with Crippen molar-refractivity contribution in [1.82, 2.24) is 0 Å². The largest absolute Gasteiger partial charge is 0.462 e. The molecule has 0 radical (unpaired) electrons. The predicted molar refractivity (Wildman–Crippen MR) is 68.0 cm³/mol. The zero-order valence-corrected chi connectivity index (χ0v) is 10.9. The molecule has 1 rings (SSSR count). The Morgan fingerprint density at radius 2 is 1.17 bits per heavy atom. The van der Waals surface area contributed by atoms with E-state index in [0.717, 1.165) is 38.5 Å². The average Bonchev–Trinajstić information content (AvgIpc) is 2.35. The summed E-state index contributed by atoms with van der Waals surface area (Å²) in [6, 6.07) is 0. The second-order valence-electron chi connectivity index (χ2n) is 4.40. The van der Waals surface area contributed by atoms with Crippen LogP contribution in [0, 0.1) is 0 Å². The van der Waals surface area contributed by atoms with Gasteiger partial charge >= 0.3 is 11.9 Å². The quantitative estimate of drug-likeness (QED) is 0.492. The van der Waals surface area contributed by atoms with Gasteiger partial charge < -0.3 is 9.47 Å². The Kier molecular flexibility index (Phi) is 7.93. The highest BCUT2D eigenvalue weighted by atomic mass is 16.6. The van der Waals surface area contributed by atoms with E-state index in [9.17, 15) is 9.59 Å². The van der Waals surface area contributed by atoms with Gasteiger partial charge in [0.15, 0.2) is 0 Å². The fourth-order valence-corrected chi connectivity index (χ4v) is 1.75. The van der Waals surface area contributed by atoms with E-state index in [-0.39, 0.29) is 25.2 Å². The number of ether oxygens (including phenoxy) is 2. The molecule has 0 aromatic rings. The number of carbonyl (C=O) groups excluding carboxylic acids is 2. The third-order valence-corrected chi connectivity index (χ3v) is 2.78. The van der Waals surface area contributed by atoms with E-state index in [2.05, 4.69) is 12.2 Å². The van der Waals surface area contributed by atoms with Crippen LogP contribution in [0.5, 0.6) is 0 Å². The van der Waals surface area contributed by atoms with Crippen LogP contribution < -0.4 is 0 Å². The van der Waals surface area contributed by atoms with Crippen LogP contribution in [0.1, 0.15) is 51.4 Å². The van der Waals surface area contributed by atoms with Gasteiger partial charge in [0.25, 0.3) is 0 Å². The molecule has 1 heterocycles. The fraction of sp³-hybridized carbons (Fsp3) is 0.714. The summed E-state index contributed by atoms with van der Waals surface area (Å²) < 4.78 is 9.91. The summed E-state index contributed by atoms with van der Waals surface area (Å²) in [5, 5.41) is 0. The van der Waals surface area contributed by atoms with Crippen LogP contribution in [-0.2, 0) is 19.1 Å². The first-order valence-electron chi connectivity index (χ1n) is 6.75. The van der Waals surface area contributed by atoms with Crippen molar-refractivity contribution in [3.63, 3.8) is 0 Å². The van der Waals surface area contributed by atoms with Crippen molar-refractivity contribution < 1.29 is 19.1 Å². The molecule has 0 aromatic heterocycles. The molecule has 0 aromatic carbocycles. The van der Waals surface area contributed by atoms with Crippen molar-refractivity contribution in [3.8, 4) is 0 Å². The van der Waals surface area contributed by atoms with Crippen LogP contribution in [0.2, 0.25) is 0 Å². The third kappa shape index (κ3) is 7.87. The molecule has 0 spiro atoms. The number of cyclic esters (lactones) is 2. The van der Waals surface area contributed by atoms with Crippen molar-refractivity contribution >= 4 is 11.9 Å². The molecular weight excluding hydrogens is 232 g/mol. The van der Waals surface area contributed by atoms with E-state index in [4.69, 9.17) is 9.47 Å². The summed E-state index contributed by atoms with van der Waals surface area (Å²) >= 11 is 0. The van der Waals surface area contributed by atoms with Crippen molar-refractivity contribution in [2.45, 2.75) is 51.4 Å². The second kappa shape index (κ2) is 9.68. The predicted octanol–water partition coefficient (Wildman–Crippen LogP) is 2.76. The first-order valence-corrected chi connectivity index (χ1v) is 6.75. The lowest BCUT2D eigenvalue weighted by molar-refractivity contribution is -0.152. The normalized spacial score (nSPS) is 22.9. The van der Waals surface area contributed by atoms with Crippen LogP contribution >= 0.6 is 0 Å². The smallest absolute Gasteiger partial charge is 0.305 e. The minimum Gasteiger partial charge on any atom is -0.462 e. The minimum absolute atomic E-state index is 0.171. The van der Waals surface area contributed by atoms with Gasteiger partial charge in [0.2, 0.25) is 0 Å². The van der Waals surface area contributed by atoms with E-state index >= 15 is 0 Å². The summed E-state index contributed by atoms with van der Waals surface area (Å²) in [4.78, 5) is 22.6. The van der Waals surface area contributed by atoms with E-state index in [1.807, 2.05) is 0 Å². The molecule has 0 saturated carbocycles. The summed E-state index contributed by atoms with van der Waals surface area (Å²) in [6.07, 6.45) is 10.9. The van der Waals surface area contributed by atoms with Gasteiger partial charge in [0.05, 0.1) is 0 Å². The van der Waals surface area contributed by atoms with Crippen LogP contribution in [0.15, 0.2) is 12.2 Å².